The Morgan fingerprint density at radius 2 is 2.06 bits per heavy atom. The second-order valence-electron chi connectivity index (χ2n) is 4.69. The quantitative estimate of drug-likeness (QED) is 0.769. The molecule has 1 aromatic rings. The van der Waals surface area contributed by atoms with Crippen LogP contribution in [-0.2, 0) is 13.5 Å². The van der Waals surface area contributed by atoms with Crippen LogP contribution in [0.4, 0.5) is 0 Å². The normalized spacial score (nSPS) is 12.0. The lowest BCUT2D eigenvalue weighted by atomic mass is 9.78. The predicted octanol–water partition coefficient (Wildman–Crippen LogP) is 2.38. The van der Waals surface area contributed by atoms with E-state index in [4.69, 9.17) is 0 Å². The van der Waals surface area contributed by atoms with Gasteiger partial charge in [-0.2, -0.15) is 0 Å². The molecule has 92 valence electrons. The minimum Gasteiger partial charge on any atom is -0.338 e. The van der Waals surface area contributed by atoms with E-state index < -0.39 is 0 Å². The Hall–Kier alpha value is -0.830. The zero-order chi connectivity index (χ0) is 12.0. The highest BCUT2D eigenvalue weighted by Crippen LogP contribution is 2.31. The third-order valence-electron chi connectivity index (χ3n) is 3.85. The van der Waals surface area contributed by atoms with Crippen molar-refractivity contribution in [1.82, 2.24) is 14.9 Å². The molecule has 0 aromatic carbocycles. The highest BCUT2D eigenvalue weighted by Gasteiger charge is 2.25. The Balaban J connectivity index is 2.59. The van der Waals surface area contributed by atoms with Crippen molar-refractivity contribution < 1.29 is 0 Å². The van der Waals surface area contributed by atoms with Crippen LogP contribution in [-0.4, -0.2) is 23.1 Å². The maximum absolute atomic E-state index is 4.39. The van der Waals surface area contributed by atoms with E-state index in [1.165, 1.54) is 25.1 Å². The molecule has 3 heteroatoms. The minimum atomic E-state index is 0.431. The Bertz CT molecular complexity index is 300. The zero-order valence-corrected chi connectivity index (χ0v) is 11.1. The summed E-state index contributed by atoms with van der Waals surface area (Å²) in [6, 6.07) is 0. The van der Waals surface area contributed by atoms with Crippen LogP contribution in [0.1, 0.15) is 38.9 Å². The van der Waals surface area contributed by atoms with Crippen LogP contribution < -0.4 is 5.32 Å². The molecule has 3 nitrogen and oxygen atoms in total. The molecular weight excluding hydrogens is 198 g/mol. The molecule has 0 spiro atoms. The lowest BCUT2D eigenvalue weighted by Crippen LogP contribution is -2.32. The number of hydrogen-bond acceptors (Lipinski definition) is 2. The maximum Gasteiger partial charge on any atom is 0.108 e. The first-order valence-corrected chi connectivity index (χ1v) is 6.28. The van der Waals surface area contributed by atoms with Gasteiger partial charge in [-0.25, -0.2) is 4.98 Å². The van der Waals surface area contributed by atoms with Crippen LogP contribution >= 0.6 is 0 Å². The smallest absolute Gasteiger partial charge is 0.108 e. The van der Waals surface area contributed by atoms with Gasteiger partial charge in [0.05, 0.1) is 0 Å². The average Bonchev–Trinajstić information content (AvgIpc) is 2.70. The van der Waals surface area contributed by atoms with Crippen molar-refractivity contribution in [2.45, 2.75) is 39.5 Å². The SMILES string of the molecule is CCC(CC)(CCc1nccn1C)CNC. The van der Waals surface area contributed by atoms with Gasteiger partial charge in [0, 0.05) is 32.4 Å². The summed E-state index contributed by atoms with van der Waals surface area (Å²) in [6.07, 6.45) is 8.65. The molecule has 0 fully saturated rings. The average molecular weight is 223 g/mol. The van der Waals surface area contributed by atoms with Crippen LogP contribution in [0.5, 0.6) is 0 Å². The second kappa shape index (κ2) is 6.04. The molecule has 1 aromatic heterocycles. The van der Waals surface area contributed by atoms with Crippen molar-refractivity contribution in [3.8, 4) is 0 Å². The maximum atomic E-state index is 4.39. The summed E-state index contributed by atoms with van der Waals surface area (Å²) in [7, 11) is 4.11. The molecule has 1 heterocycles. The van der Waals surface area contributed by atoms with Gasteiger partial charge in [0.15, 0.2) is 0 Å². The van der Waals surface area contributed by atoms with E-state index in [1.54, 1.807) is 0 Å². The van der Waals surface area contributed by atoms with Crippen molar-refractivity contribution in [2.75, 3.05) is 13.6 Å². The van der Waals surface area contributed by atoms with Gasteiger partial charge in [-0.05, 0) is 31.7 Å². The number of nitrogens with zero attached hydrogens (tertiary/aromatic N) is 2. The van der Waals surface area contributed by atoms with Gasteiger partial charge in [0.1, 0.15) is 5.82 Å². The third kappa shape index (κ3) is 3.08. The van der Waals surface area contributed by atoms with Crippen molar-refractivity contribution in [3.63, 3.8) is 0 Å². The summed E-state index contributed by atoms with van der Waals surface area (Å²) in [5.41, 5.74) is 0.431. The van der Waals surface area contributed by atoms with E-state index in [0.29, 0.717) is 5.41 Å². The number of aryl methyl sites for hydroxylation is 2. The van der Waals surface area contributed by atoms with Gasteiger partial charge >= 0.3 is 0 Å². The molecule has 1 N–H and O–H groups in total. The summed E-state index contributed by atoms with van der Waals surface area (Å²) in [5.74, 6) is 1.20. The molecule has 0 aliphatic rings. The van der Waals surface area contributed by atoms with Crippen molar-refractivity contribution in [1.29, 1.82) is 0 Å². The predicted molar refractivity (Wildman–Crippen MR) is 68.5 cm³/mol. The molecule has 0 aliphatic heterocycles. The highest BCUT2D eigenvalue weighted by molar-refractivity contribution is 4.93. The first-order valence-electron chi connectivity index (χ1n) is 6.28. The number of nitrogens with one attached hydrogen (secondary N) is 1. The van der Waals surface area contributed by atoms with E-state index >= 15 is 0 Å². The summed E-state index contributed by atoms with van der Waals surface area (Å²) in [6.45, 7) is 5.68. The van der Waals surface area contributed by atoms with Crippen LogP contribution in [0.3, 0.4) is 0 Å². The summed E-state index contributed by atoms with van der Waals surface area (Å²) in [4.78, 5) is 4.39. The Morgan fingerprint density at radius 3 is 2.50 bits per heavy atom. The third-order valence-corrected chi connectivity index (χ3v) is 3.85. The number of imidazole rings is 1. The Labute approximate surface area is 99.3 Å². The van der Waals surface area contributed by atoms with Crippen molar-refractivity contribution >= 4 is 0 Å². The fraction of sp³-hybridized carbons (Fsp3) is 0.769. The number of aromatic nitrogens is 2. The molecule has 0 atom stereocenters. The molecule has 0 unspecified atom stereocenters. The molecule has 0 saturated heterocycles. The monoisotopic (exact) mass is 223 g/mol. The summed E-state index contributed by atoms with van der Waals surface area (Å²) in [5, 5.41) is 3.33. The van der Waals surface area contributed by atoms with Gasteiger partial charge in [-0.15, -0.1) is 0 Å². The molecule has 1 rings (SSSR count). The lowest BCUT2D eigenvalue weighted by molar-refractivity contribution is 0.232. The largest absolute Gasteiger partial charge is 0.338 e. The molecule has 16 heavy (non-hydrogen) atoms. The molecule has 0 aliphatic carbocycles. The van der Waals surface area contributed by atoms with Crippen molar-refractivity contribution in [2.24, 2.45) is 12.5 Å². The van der Waals surface area contributed by atoms with Gasteiger partial charge < -0.3 is 9.88 Å². The molecule has 0 radical (unpaired) electrons. The van der Waals surface area contributed by atoms with Gasteiger partial charge in [0.2, 0.25) is 0 Å². The molecule has 0 saturated carbocycles. The second-order valence-corrected chi connectivity index (χ2v) is 4.69. The zero-order valence-electron chi connectivity index (χ0n) is 11.1. The van der Waals surface area contributed by atoms with Crippen LogP contribution in [0, 0.1) is 5.41 Å². The molecule has 0 amide bonds. The topological polar surface area (TPSA) is 29.9 Å². The summed E-state index contributed by atoms with van der Waals surface area (Å²) >= 11 is 0. The van der Waals surface area contributed by atoms with Crippen molar-refractivity contribution in [3.05, 3.63) is 18.2 Å². The molecular formula is C13H25N3. The Kier molecular flexibility index (Phi) is 5.00. The van der Waals surface area contributed by atoms with Gasteiger partial charge in [-0.3, -0.25) is 0 Å². The highest BCUT2D eigenvalue weighted by atomic mass is 15.0. The van der Waals surface area contributed by atoms with E-state index in [-0.39, 0.29) is 0 Å². The fourth-order valence-corrected chi connectivity index (χ4v) is 2.33. The van der Waals surface area contributed by atoms with Crippen LogP contribution in [0.15, 0.2) is 12.4 Å². The van der Waals surface area contributed by atoms with E-state index in [1.807, 2.05) is 19.4 Å². The first kappa shape index (κ1) is 13.2. The van der Waals surface area contributed by atoms with Crippen LogP contribution in [0.2, 0.25) is 0 Å². The van der Waals surface area contributed by atoms with Crippen LogP contribution in [0.25, 0.3) is 0 Å². The number of rotatable bonds is 7. The Morgan fingerprint density at radius 1 is 1.38 bits per heavy atom. The molecule has 0 bridgehead atoms. The van der Waals surface area contributed by atoms with E-state index in [0.717, 1.165) is 13.0 Å². The van der Waals surface area contributed by atoms with Gasteiger partial charge in [0.25, 0.3) is 0 Å². The summed E-state index contributed by atoms with van der Waals surface area (Å²) < 4.78 is 2.12. The first-order chi connectivity index (χ1) is 7.67. The number of hydrogen-bond donors (Lipinski definition) is 1. The van der Waals surface area contributed by atoms with E-state index in [2.05, 4.69) is 35.8 Å². The lowest BCUT2D eigenvalue weighted by Gasteiger charge is -2.31. The van der Waals surface area contributed by atoms with Gasteiger partial charge in [-0.1, -0.05) is 13.8 Å². The minimum absolute atomic E-state index is 0.431. The standard InChI is InChI=1S/C13H25N3/c1-5-13(6-2,11-14-3)8-7-12-15-9-10-16(12)4/h9-10,14H,5-8,11H2,1-4H3. The van der Waals surface area contributed by atoms with E-state index in [9.17, 15) is 0 Å². The fourth-order valence-electron chi connectivity index (χ4n) is 2.33.